The summed E-state index contributed by atoms with van der Waals surface area (Å²) in [5, 5.41) is 0. The monoisotopic (exact) mass is 338 g/mol. The summed E-state index contributed by atoms with van der Waals surface area (Å²) in [4.78, 5) is 2.41. The molecule has 1 rings (SSSR count). The van der Waals surface area contributed by atoms with Crippen molar-refractivity contribution in [2.24, 2.45) is 5.92 Å². The zero-order valence-corrected chi connectivity index (χ0v) is 9.48. The predicted octanol–water partition coefficient (Wildman–Crippen LogP) is -5.19. The second kappa shape index (κ2) is 4.30. The molecule has 1 aliphatic heterocycles. The normalized spacial score (nSPS) is 30.4. The van der Waals surface area contributed by atoms with Gasteiger partial charge in [0.25, 0.3) is 0 Å². The maximum atomic E-state index is 2.41. The molecule has 0 radical (unpaired) electrons. The van der Waals surface area contributed by atoms with E-state index in [0.717, 1.165) is 0 Å². The van der Waals surface area contributed by atoms with E-state index in [0.29, 0.717) is 42.4 Å². The van der Waals surface area contributed by atoms with E-state index in [4.69, 9.17) is 0 Å². The van der Waals surface area contributed by atoms with Crippen LogP contribution in [0.25, 0.3) is 0 Å². The number of hydrogen-bond donors (Lipinski definition) is 0. The van der Waals surface area contributed by atoms with Crippen LogP contribution in [0.5, 0.6) is 0 Å². The van der Waals surface area contributed by atoms with Crippen molar-refractivity contribution in [2.45, 2.75) is 6.42 Å². The Labute approximate surface area is 72.3 Å². The Bertz CT molecular complexity index is 57.5. The van der Waals surface area contributed by atoms with Crippen molar-refractivity contribution < 1.29 is 42.4 Å². The third kappa shape index (κ3) is 2.37. The molecule has 52 valence electrons. The fourth-order valence-corrected chi connectivity index (χ4v) is 7.46. The molecule has 0 aromatic rings. The summed E-state index contributed by atoms with van der Waals surface area (Å²) in [7, 11) is 0. The Morgan fingerprint density at radius 3 is 3.12 bits per heavy atom. The molecule has 0 aromatic carbocycles. The molecule has 8 heavy (non-hydrogen) atoms. The number of hydrogen-bond acceptors (Lipinski definition) is 0. The molecule has 1 atom stereocenters. The summed E-state index contributed by atoms with van der Waals surface area (Å²) in [6.07, 6.45) is 1.60. The molecular weight excluding hydrogens is 326 g/mol. The molecule has 0 aromatic heterocycles. The third-order valence-electron chi connectivity index (χ3n) is 1.35. The van der Waals surface area contributed by atoms with Crippen molar-refractivity contribution in [3.8, 4) is 0 Å². The van der Waals surface area contributed by atoms with Gasteiger partial charge in [0.2, 0.25) is 0 Å². The van der Waals surface area contributed by atoms with Gasteiger partial charge in [-0.2, -0.15) is 0 Å². The molecule has 0 nitrogen and oxygen atoms in total. The van der Waals surface area contributed by atoms with Gasteiger partial charge in [0, 0.05) is 0 Å². The fraction of sp³-hybridized carbons (Fsp3) is 1.00. The Balaban J connectivity index is 2.06. The SMILES string of the molecule is C[I-]C[C@H]1CC[I-]C1. The minimum absolute atomic E-state index is 0.612. The second-order valence-electron chi connectivity index (χ2n) is 2.11. The molecule has 0 bridgehead atoms. The summed E-state index contributed by atoms with van der Waals surface area (Å²) in [6, 6.07) is 0. The average molecular weight is 338 g/mol. The first-order chi connectivity index (χ1) is 3.93. The van der Waals surface area contributed by atoms with Crippen molar-refractivity contribution in [3.05, 3.63) is 0 Å². The third-order valence-corrected chi connectivity index (χ3v) is 6.73. The molecule has 0 spiro atoms. The van der Waals surface area contributed by atoms with Crippen LogP contribution in [0.2, 0.25) is 0 Å². The van der Waals surface area contributed by atoms with E-state index < -0.39 is 0 Å². The summed E-state index contributed by atoms with van der Waals surface area (Å²) >= 11 is 1.32. The van der Waals surface area contributed by atoms with Crippen LogP contribution in [-0.2, 0) is 0 Å². The van der Waals surface area contributed by atoms with Gasteiger partial charge in [-0.25, -0.2) is 0 Å². The van der Waals surface area contributed by atoms with E-state index in [1.165, 1.54) is 5.92 Å². The quantitative estimate of drug-likeness (QED) is 0.349. The van der Waals surface area contributed by atoms with E-state index in [1.807, 2.05) is 0 Å². The molecule has 2 heteroatoms. The number of alkyl halides is 4. The van der Waals surface area contributed by atoms with Crippen LogP contribution < -0.4 is 42.4 Å². The first kappa shape index (κ1) is 7.57. The Hall–Kier alpha value is 1.46. The summed E-state index contributed by atoms with van der Waals surface area (Å²) in [6.45, 7) is 0. The van der Waals surface area contributed by atoms with Crippen molar-refractivity contribution in [3.63, 3.8) is 0 Å². The Kier molecular flexibility index (Phi) is 4.07. The van der Waals surface area contributed by atoms with Crippen molar-refractivity contribution in [1.29, 1.82) is 0 Å². The maximum absolute atomic E-state index is 2.41. The molecule has 1 fully saturated rings. The molecule has 0 unspecified atom stereocenters. The van der Waals surface area contributed by atoms with Crippen LogP contribution in [0.4, 0.5) is 0 Å². The Morgan fingerprint density at radius 1 is 1.75 bits per heavy atom. The van der Waals surface area contributed by atoms with Crippen molar-refractivity contribution in [1.82, 2.24) is 0 Å². The summed E-state index contributed by atoms with van der Waals surface area (Å²) in [5.74, 6) is 1.21. The van der Waals surface area contributed by atoms with Crippen LogP contribution in [0.3, 0.4) is 0 Å². The molecule has 1 heterocycles. The van der Waals surface area contributed by atoms with Crippen molar-refractivity contribution in [2.75, 3.05) is 18.2 Å². The van der Waals surface area contributed by atoms with Gasteiger partial charge in [-0.3, -0.25) is 0 Å². The van der Waals surface area contributed by atoms with Crippen LogP contribution >= 0.6 is 0 Å². The van der Waals surface area contributed by atoms with E-state index in [2.05, 4.69) is 4.93 Å². The minimum atomic E-state index is 0.612. The van der Waals surface area contributed by atoms with Gasteiger partial charge < -0.3 is 0 Å². The zero-order chi connectivity index (χ0) is 5.82. The standard InChI is InChI=1S/C6H12I2/c1-7-4-6-2-3-8-5-6/h6H,2-5H2,1H3/q-2/t6-/m1/s1. The molecule has 1 aliphatic rings. The van der Waals surface area contributed by atoms with Gasteiger partial charge in [-0.1, -0.05) is 0 Å². The first-order valence-electron chi connectivity index (χ1n) is 2.90. The molecule has 0 aliphatic carbocycles. The number of halogens is 2. The predicted molar refractivity (Wildman–Crippen MR) is 28.6 cm³/mol. The number of rotatable bonds is 2. The van der Waals surface area contributed by atoms with Gasteiger partial charge in [0.15, 0.2) is 0 Å². The van der Waals surface area contributed by atoms with Gasteiger partial charge in [0.1, 0.15) is 0 Å². The molecule has 0 saturated carbocycles. The van der Waals surface area contributed by atoms with Crippen molar-refractivity contribution >= 4 is 0 Å². The Morgan fingerprint density at radius 2 is 2.62 bits per heavy atom. The van der Waals surface area contributed by atoms with Crippen LogP contribution in [0.1, 0.15) is 6.42 Å². The van der Waals surface area contributed by atoms with Crippen LogP contribution in [-0.4, -0.2) is 18.2 Å². The average Bonchev–Trinajstić information content (AvgIpc) is 2.19. The fourth-order valence-electron chi connectivity index (χ4n) is 0.877. The molecule has 1 saturated heterocycles. The van der Waals surface area contributed by atoms with E-state index in [9.17, 15) is 0 Å². The van der Waals surface area contributed by atoms with Gasteiger partial charge >= 0.3 is 73.0 Å². The van der Waals surface area contributed by atoms with Crippen LogP contribution in [0.15, 0.2) is 0 Å². The summed E-state index contributed by atoms with van der Waals surface area (Å²) < 4.78 is 4.92. The summed E-state index contributed by atoms with van der Waals surface area (Å²) in [5.41, 5.74) is 0. The van der Waals surface area contributed by atoms with E-state index in [-0.39, 0.29) is 0 Å². The van der Waals surface area contributed by atoms with Crippen LogP contribution in [0, 0.1) is 5.92 Å². The van der Waals surface area contributed by atoms with E-state index in [1.54, 1.807) is 19.7 Å². The topological polar surface area (TPSA) is 0 Å². The molecule has 0 amide bonds. The van der Waals surface area contributed by atoms with Gasteiger partial charge in [0.05, 0.1) is 0 Å². The molecule has 0 N–H and O–H groups in total. The second-order valence-corrected chi connectivity index (χ2v) is 7.55. The van der Waals surface area contributed by atoms with Gasteiger partial charge in [-0.05, 0) is 0 Å². The first-order valence-corrected chi connectivity index (χ1v) is 9.64. The molecular formula is C6H12I2-2. The van der Waals surface area contributed by atoms with E-state index >= 15 is 0 Å². The van der Waals surface area contributed by atoms with Gasteiger partial charge in [-0.15, -0.1) is 0 Å². The zero-order valence-electron chi connectivity index (χ0n) is 5.16.